The Labute approximate surface area is 141 Å². The molecule has 1 aromatic carbocycles. The first-order valence-electron chi connectivity index (χ1n) is 7.99. The third kappa shape index (κ3) is 3.32. The van der Waals surface area contributed by atoms with E-state index in [1.165, 1.54) is 0 Å². The molecular formula is C18H21N3O3. The van der Waals surface area contributed by atoms with Gasteiger partial charge in [0.25, 0.3) is 0 Å². The molecule has 0 saturated carbocycles. The average molecular weight is 327 g/mol. The van der Waals surface area contributed by atoms with Crippen LogP contribution in [0.5, 0.6) is 5.75 Å². The van der Waals surface area contributed by atoms with Crippen molar-refractivity contribution in [3.05, 3.63) is 47.6 Å². The quantitative estimate of drug-likeness (QED) is 0.808. The maximum Gasteiger partial charge on any atom is 0.246 e. The zero-order valence-corrected chi connectivity index (χ0v) is 14.2. The van der Waals surface area contributed by atoms with Crippen LogP contribution in [0, 0.1) is 6.92 Å². The minimum Gasteiger partial charge on any atom is -0.496 e. The number of nitrogens with zero attached hydrogens (tertiary/aromatic N) is 3. The van der Waals surface area contributed by atoms with E-state index in [2.05, 4.69) is 10.1 Å². The Morgan fingerprint density at radius 2 is 2.21 bits per heavy atom. The molecule has 3 rings (SSSR count). The first-order valence-corrected chi connectivity index (χ1v) is 7.99. The van der Waals surface area contributed by atoms with Crippen LogP contribution in [0.25, 0.3) is 5.57 Å². The predicted octanol–water partition coefficient (Wildman–Crippen LogP) is 2.81. The fraction of sp³-hybridized carbons (Fsp3) is 0.389. The molecule has 1 aliphatic rings. The molecule has 0 N–H and O–H groups in total. The minimum absolute atomic E-state index is 0.00265. The zero-order valence-electron chi connectivity index (χ0n) is 14.2. The summed E-state index contributed by atoms with van der Waals surface area (Å²) < 4.78 is 10.6. The monoisotopic (exact) mass is 327 g/mol. The van der Waals surface area contributed by atoms with Gasteiger partial charge in [0.05, 0.1) is 13.0 Å². The normalized spacial score (nSPS) is 18.0. The Balaban J connectivity index is 1.71. The summed E-state index contributed by atoms with van der Waals surface area (Å²) in [5.74, 6) is 2.13. The number of para-hydroxylation sites is 1. The molecule has 1 saturated heterocycles. The number of ether oxygens (including phenoxy) is 1. The second kappa shape index (κ2) is 6.86. The van der Waals surface area contributed by atoms with E-state index >= 15 is 0 Å². The van der Waals surface area contributed by atoms with Gasteiger partial charge in [0.15, 0.2) is 5.82 Å². The van der Waals surface area contributed by atoms with Crippen LogP contribution in [0.1, 0.15) is 36.5 Å². The zero-order chi connectivity index (χ0) is 17.1. The van der Waals surface area contributed by atoms with Crippen molar-refractivity contribution >= 4 is 11.5 Å². The molecule has 1 aliphatic heterocycles. The van der Waals surface area contributed by atoms with E-state index in [0.717, 1.165) is 23.3 Å². The van der Waals surface area contributed by atoms with Crippen LogP contribution < -0.4 is 4.74 Å². The highest BCUT2D eigenvalue weighted by Gasteiger charge is 2.30. The van der Waals surface area contributed by atoms with Crippen LogP contribution in [-0.4, -0.2) is 41.1 Å². The number of benzene rings is 1. The van der Waals surface area contributed by atoms with Crippen LogP contribution in [-0.2, 0) is 4.79 Å². The second-order valence-electron chi connectivity index (χ2n) is 5.98. The molecule has 0 spiro atoms. The van der Waals surface area contributed by atoms with Crippen molar-refractivity contribution in [2.75, 3.05) is 20.2 Å². The molecule has 2 heterocycles. The Kier molecular flexibility index (Phi) is 4.64. The second-order valence-corrected chi connectivity index (χ2v) is 5.98. The van der Waals surface area contributed by atoms with Crippen LogP contribution in [0.2, 0.25) is 0 Å². The fourth-order valence-electron chi connectivity index (χ4n) is 2.97. The first-order chi connectivity index (χ1) is 11.6. The lowest BCUT2D eigenvalue weighted by Crippen LogP contribution is -2.26. The largest absolute Gasteiger partial charge is 0.496 e. The number of carbonyl (C=O) groups excluding carboxylic acids is 1. The van der Waals surface area contributed by atoms with Crippen molar-refractivity contribution in [2.45, 2.75) is 26.2 Å². The highest BCUT2D eigenvalue weighted by molar-refractivity contribution is 5.95. The van der Waals surface area contributed by atoms with Gasteiger partial charge in [-0.25, -0.2) is 0 Å². The van der Waals surface area contributed by atoms with E-state index in [1.54, 1.807) is 20.1 Å². The van der Waals surface area contributed by atoms with Crippen LogP contribution >= 0.6 is 0 Å². The van der Waals surface area contributed by atoms with Crippen LogP contribution in [0.3, 0.4) is 0 Å². The van der Waals surface area contributed by atoms with Gasteiger partial charge >= 0.3 is 0 Å². The highest BCUT2D eigenvalue weighted by atomic mass is 16.5. The molecule has 126 valence electrons. The van der Waals surface area contributed by atoms with Gasteiger partial charge in [-0.1, -0.05) is 23.4 Å². The van der Waals surface area contributed by atoms with Crippen molar-refractivity contribution in [1.29, 1.82) is 0 Å². The van der Waals surface area contributed by atoms with E-state index in [4.69, 9.17) is 9.26 Å². The maximum absolute atomic E-state index is 12.6. The number of hydrogen-bond acceptors (Lipinski definition) is 5. The molecule has 24 heavy (non-hydrogen) atoms. The number of amides is 1. The van der Waals surface area contributed by atoms with Gasteiger partial charge in [0, 0.05) is 24.7 Å². The van der Waals surface area contributed by atoms with Gasteiger partial charge in [-0.05, 0) is 31.9 Å². The van der Waals surface area contributed by atoms with E-state index in [0.29, 0.717) is 24.8 Å². The number of aromatic nitrogens is 2. The van der Waals surface area contributed by atoms with E-state index in [9.17, 15) is 4.79 Å². The van der Waals surface area contributed by atoms with E-state index in [1.807, 2.05) is 36.1 Å². The SMILES string of the molecule is COc1ccccc1/C(C)=C/C(=O)N1CCC(c2nc(C)no2)C1. The summed E-state index contributed by atoms with van der Waals surface area (Å²) >= 11 is 0. The lowest BCUT2D eigenvalue weighted by molar-refractivity contribution is -0.125. The summed E-state index contributed by atoms with van der Waals surface area (Å²) in [6, 6.07) is 7.69. The van der Waals surface area contributed by atoms with Gasteiger partial charge in [0.1, 0.15) is 5.75 Å². The van der Waals surface area contributed by atoms with Gasteiger partial charge in [-0.15, -0.1) is 0 Å². The lowest BCUT2D eigenvalue weighted by Gasteiger charge is -2.14. The third-order valence-corrected chi connectivity index (χ3v) is 4.26. The number of likely N-dealkylation sites (tertiary alicyclic amines) is 1. The third-order valence-electron chi connectivity index (χ3n) is 4.26. The Morgan fingerprint density at radius 3 is 2.92 bits per heavy atom. The first kappa shape index (κ1) is 16.2. The topological polar surface area (TPSA) is 68.5 Å². The molecule has 1 fully saturated rings. The molecule has 6 heteroatoms. The van der Waals surface area contributed by atoms with Gasteiger partial charge in [-0.2, -0.15) is 4.98 Å². The highest BCUT2D eigenvalue weighted by Crippen LogP contribution is 2.28. The summed E-state index contributed by atoms with van der Waals surface area (Å²) in [5.41, 5.74) is 1.81. The molecule has 2 aromatic rings. The average Bonchev–Trinajstić information content (AvgIpc) is 3.23. The number of carbonyl (C=O) groups is 1. The summed E-state index contributed by atoms with van der Waals surface area (Å²) in [6.07, 6.45) is 2.51. The molecule has 1 atom stereocenters. The van der Waals surface area contributed by atoms with Gasteiger partial charge in [-0.3, -0.25) is 4.79 Å². The lowest BCUT2D eigenvalue weighted by atomic mass is 10.1. The van der Waals surface area contributed by atoms with Crippen LogP contribution in [0.4, 0.5) is 0 Å². The Hall–Kier alpha value is -2.63. The minimum atomic E-state index is -0.00265. The molecule has 1 amide bonds. The molecule has 1 unspecified atom stereocenters. The molecule has 0 aliphatic carbocycles. The summed E-state index contributed by atoms with van der Waals surface area (Å²) in [5, 5.41) is 3.82. The standard InChI is InChI=1S/C18H21N3O3/c1-12(15-6-4-5-7-16(15)23-3)10-17(22)21-9-8-14(11-21)18-19-13(2)20-24-18/h4-7,10,14H,8-9,11H2,1-3H3/b12-10+. The van der Waals surface area contributed by atoms with E-state index in [-0.39, 0.29) is 11.8 Å². The Bertz CT molecular complexity index is 766. The van der Waals surface area contributed by atoms with Crippen molar-refractivity contribution < 1.29 is 14.1 Å². The number of rotatable bonds is 4. The van der Waals surface area contributed by atoms with Crippen molar-refractivity contribution in [1.82, 2.24) is 15.0 Å². The number of allylic oxidation sites excluding steroid dienone is 1. The predicted molar refractivity (Wildman–Crippen MR) is 89.6 cm³/mol. The summed E-state index contributed by atoms with van der Waals surface area (Å²) in [6.45, 7) is 5.02. The molecule has 0 radical (unpaired) electrons. The maximum atomic E-state index is 12.6. The smallest absolute Gasteiger partial charge is 0.246 e. The van der Waals surface area contributed by atoms with E-state index < -0.39 is 0 Å². The van der Waals surface area contributed by atoms with Crippen LogP contribution in [0.15, 0.2) is 34.9 Å². The van der Waals surface area contributed by atoms with Gasteiger partial charge < -0.3 is 14.2 Å². The molecule has 6 nitrogen and oxygen atoms in total. The van der Waals surface area contributed by atoms with Gasteiger partial charge in [0.2, 0.25) is 11.8 Å². The fourth-order valence-corrected chi connectivity index (χ4v) is 2.97. The number of aryl methyl sites for hydroxylation is 1. The van der Waals surface area contributed by atoms with Crippen molar-refractivity contribution in [3.8, 4) is 5.75 Å². The van der Waals surface area contributed by atoms with Crippen molar-refractivity contribution in [2.24, 2.45) is 0 Å². The molecule has 0 bridgehead atoms. The van der Waals surface area contributed by atoms with Crippen molar-refractivity contribution in [3.63, 3.8) is 0 Å². The Morgan fingerprint density at radius 1 is 1.42 bits per heavy atom. The summed E-state index contributed by atoms with van der Waals surface area (Å²) in [7, 11) is 1.63. The number of hydrogen-bond donors (Lipinski definition) is 0. The number of methoxy groups -OCH3 is 1. The molecule has 1 aromatic heterocycles. The molecular weight excluding hydrogens is 306 g/mol. The summed E-state index contributed by atoms with van der Waals surface area (Å²) in [4.78, 5) is 18.6.